The average molecular weight is 1700 g/mol. The van der Waals surface area contributed by atoms with Crippen LogP contribution >= 0.6 is 0 Å². The van der Waals surface area contributed by atoms with Crippen LogP contribution in [0.15, 0.2) is 103 Å². The molecule has 0 unspecified atom stereocenters. The van der Waals surface area contributed by atoms with Crippen molar-refractivity contribution in [1.82, 2.24) is 85.1 Å². The van der Waals surface area contributed by atoms with Crippen LogP contribution in [0, 0.1) is 10.8 Å². The molecule has 0 bridgehead atoms. The molecule has 0 saturated carbocycles. The van der Waals surface area contributed by atoms with Gasteiger partial charge in [-0.1, -0.05) is 66.7 Å². The summed E-state index contributed by atoms with van der Waals surface area (Å²) in [7, 11) is 0. The third-order valence-electron chi connectivity index (χ3n) is 17.4. The number of hydrogen-bond acceptors (Lipinski definition) is 26. The number of phenolic OH excluding ortho intramolecular Hbond substituents is 3. The molecule has 658 valence electrons. The number of carbonyl (C=O) groups excluding carboxylic acids is 14. The SMILES string of the molecule is N=C(N)NCCC[C@H](NC(=O)[C@H](CO)NC(=O)CNC(=O)CNC(=O)[C@H](Cc1ccc(O)cc1)NC(=O)CNC(=O)CNC(=O)[C@H](CO)NC(=O)[C@H](CCCNC(=N)N)NC(=O)[C@H](CO)NC(=O)[C@H](CCC(=O)O)NC(=O)[C@@H](N)Cc1ccccc1)C(=O)N[C@@H](CC(=O)O)C(=O)N[C@@H](Cc1ccc(O)cc1)C(=O)N[C@@H](Cc1ccc(O)cc1)C(=O)O. The zero-order chi connectivity index (χ0) is 89.8. The molecule has 0 aliphatic rings. The van der Waals surface area contributed by atoms with Crippen LogP contribution in [0.2, 0.25) is 0 Å². The number of nitrogens with two attached hydrogens (primary N) is 3. The molecule has 14 amide bonds. The fourth-order valence-corrected chi connectivity index (χ4v) is 11.0. The maximum absolute atomic E-state index is 14.1. The van der Waals surface area contributed by atoms with Gasteiger partial charge in [0.2, 0.25) is 82.7 Å². The molecule has 0 aromatic heterocycles. The number of carboxylic acid groups (broad SMARTS) is 3. The van der Waals surface area contributed by atoms with Crippen LogP contribution in [0.5, 0.6) is 17.2 Å². The van der Waals surface area contributed by atoms with Crippen molar-refractivity contribution < 1.29 is 127 Å². The maximum Gasteiger partial charge on any atom is 0.326 e. The minimum atomic E-state index is -2.04. The first-order chi connectivity index (χ1) is 57.4. The monoisotopic (exact) mass is 1700 g/mol. The van der Waals surface area contributed by atoms with Crippen LogP contribution in [-0.4, -0.2) is 284 Å². The Labute approximate surface area is 689 Å². The van der Waals surface area contributed by atoms with E-state index in [1.165, 1.54) is 72.8 Å². The Morgan fingerprint density at radius 2 is 0.620 bits per heavy atom. The van der Waals surface area contributed by atoms with Gasteiger partial charge >= 0.3 is 17.9 Å². The highest BCUT2D eigenvalue weighted by Gasteiger charge is 2.37. The number of nitrogens with one attached hydrogen (secondary N) is 18. The minimum Gasteiger partial charge on any atom is -0.508 e. The molecule has 0 aliphatic heterocycles. The molecule has 0 spiro atoms. The molecular formula is C74H101N21O26. The first kappa shape index (κ1) is 99.0. The number of carbonyl (C=O) groups is 17. The second kappa shape index (κ2) is 51.7. The Balaban J connectivity index is 1.37. The number of aromatic hydroxyl groups is 3. The number of rotatable bonds is 53. The molecule has 47 nitrogen and oxygen atoms in total. The number of aliphatic carboxylic acids is 3. The van der Waals surface area contributed by atoms with E-state index in [4.69, 9.17) is 28.0 Å². The predicted molar refractivity (Wildman–Crippen MR) is 421 cm³/mol. The van der Waals surface area contributed by atoms with Crippen molar-refractivity contribution in [2.75, 3.05) is 59.1 Å². The molecular weight excluding hydrogens is 1600 g/mol. The number of phenols is 3. The molecule has 4 aromatic carbocycles. The molecule has 121 heavy (non-hydrogen) atoms. The Morgan fingerprint density at radius 3 is 1.02 bits per heavy atom. The Morgan fingerprint density at radius 1 is 0.314 bits per heavy atom. The van der Waals surface area contributed by atoms with Gasteiger partial charge in [-0.15, -0.1) is 0 Å². The van der Waals surface area contributed by atoms with Crippen LogP contribution < -0.4 is 102 Å². The van der Waals surface area contributed by atoms with Gasteiger partial charge in [0.15, 0.2) is 11.9 Å². The van der Waals surface area contributed by atoms with E-state index in [2.05, 4.69) is 85.1 Å². The summed E-state index contributed by atoms with van der Waals surface area (Å²) < 4.78 is 0. The Kier molecular flexibility index (Phi) is 42.3. The van der Waals surface area contributed by atoms with Gasteiger partial charge in [0.25, 0.3) is 0 Å². The van der Waals surface area contributed by atoms with Crippen molar-refractivity contribution in [3.63, 3.8) is 0 Å². The topological polar surface area (TPSA) is 791 Å². The molecule has 4 rings (SSSR count). The molecule has 0 heterocycles. The summed E-state index contributed by atoms with van der Waals surface area (Å²) in [6, 6.07) is 5.56. The lowest BCUT2D eigenvalue weighted by Crippen LogP contribution is -2.60. The van der Waals surface area contributed by atoms with E-state index < -0.39 is 251 Å². The van der Waals surface area contributed by atoms with Gasteiger partial charge in [0.1, 0.15) is 77.7 Å². The highest BCUT2D eigenvalue weighted by atomic mass is 16.4. The number of benzene rings is 4. The first-order valence-corrected chi connectivity index (χ1v) is 37.3. The van der Waals surface area contributed by atoms with Gasteiger partial charge in [-0.3, -0.25) is 87.5 Å². The fraction of sp³-hybridized carbons (Fsp3) is 0.419. The summed E-state index contributed by atoms with van der Waals surface area (Å²) in [4.78, 5) is 225. The Bertz CT molecular complexity index is 4260. The van der Waals surface area contributed by atoms with E-state index in [1.54, 1.807) is 30.3 Å². The number of aliphatic hydroxyl groups excluding tert-OH is 3. The zero-order valence-electron chi connectivity index (χ0n) is 65.0. The molecule has 0 fully saturated rings. The quantitative estimate of drug-likeness (QED) is 0.0111. The van der Waals surface area contributed by atoms with Crippen LogP contribution in [0.25, 0.3) is 0 Å². The van der Waals surface area contributed by atoms with Crippen molar-refractivity contribution >= 4 is 113 Å². The number of hydrogen-bond donors (Lipinski definition) is 30. The summed E-state index contributed by atoms with van der Waals surface area (Å²) in [6.45, 7) is -7.23. The van der Waals surface area contributed by atoms with Gasteiger partial charge in [0, 0.05) is 38.8 Å². The summed E-state index contributed by atoms with van der Waals surface area (Å²) in [5, 5.41) is 141. The molecule has 47 heteroatoms. The standard InChI is InChI=1S/C74H101N21O26/c75-45(26-38-6-2-1-3-7-38)62(110)88-48(22-23-60(106)107)67(115)95-55(37-98)71(119)90-47(9-5-25-81-74(78)79)66(114)94-53(35-96)64(112)85-32-57(103)82-33-58(104)86-49(27-39-10-16-42(99)17-11-39)63(111)84-31-56(102)83-34-59(105)87-54(36-97)70(118)89-46(8-4-24-80-73(76)77)65(113)92-51(30-61(108)109)69(117)91-50(28-40-12-18-43(100)19-13-40)68(116)93-52(72(120)121)29-41-14-20-44(101)21-15-41/h1-3,6-7,10-21,45-55,96-101H,4-5,8-9,22-37,75H2,(H,82,103)(H,83,102)(H,84,111)(H,85,112)(H,86,104)(H,87,105)(H,88,110)(H,89,118)(H,90,119)(H,91,117)(H,92,113)(H,93,116)(H,94,114)(H,95,115)(H,106,107)(H,108,109)(H,120,121)(H4,76,77,80)(H4,78,79,81)/t45-,46-,47-,48-,49-,50-,51-,52-,53-,54-,55-/m0/s1. The molecule has 33 N–H and O–H groups in total. The molecule has 11 atom stereocenters. The second-order valence-corrected chi connectivity index (χ2v) is 27.0. The number of aliphatic hydroxyl groups is 3. The minimum absolute atomic E-state index is 0.0207. The van der Waals surface area contributed by atoms with Crippen molar-refractivity contribution in [2.45, 2.75) is 137 Å². The highest BCUT2D eigenvalue weighted by Crippen LogP contribution is 2.17. The van der Waals surface area contributed by atoms with Crippen LogP contribution in [0.3, 0.4) is 0 Å². The lowest BCUT2D eigenvalue weighted by Gasteiger charge is -2.26. The molecule has 0 saturated heterocycles. The van der Waals surface area contributed by atoms with E-state index in [-0.39, 0.29) is 75.3 Å². The van der Waals surface area contributed by atoms with E-state index in [1.807, 2.05) is 0 Å². The van der Waals surface area contributed by atoms with Gasteiger partial charge in [-0.2, -0.15) is 0 Å². The number of guanidine groups is 2. The van der Waals surface area contributed by atoms with Gasteiger partial charge in [-0.05, 0) is 97.2 Å². The molecule has 0 radical (unpaired) electrons. The average Bonchev–Trinajstić information content (AvgIpc) is 0.854. The van der Waals surface area contributed by atoms with Gasteiger partial charge < -0.3 is 148 Å². The second-order valence-electron chi connectivity index (χ2n) is 27.0. The third kappa shape index (κ3) is 38.1. The van der Waals surface area contributed by atoms with E-state index in [9.17, 15) is 127 Å². The number of amides is 14. The predicted octanol–water partition coefficient (Wildman–Crippen LogP) is -10.4. The van der Waals surface area contributed by atoms with Crippen molar-refractivity contribution in [3.05, 3.63) is 125 Å². The molecule has 0 aliphatic carbocycles. The van der Waals surface area contributed by atoms with Crippen molar-refractivity contribution in [1.29, 1.82) is 10.8 Å². The number of carboxylic acids is 3. The summed E-state index contributed by atoms with van der Waals surface area (Å²) >= 11 is 0. The van der Waals surface area contributed by atoms with E-state index in [0.717, 1.165) is 0 Å². The highest BCUT2D eigenvalue weighted by molar-refractivity contribution is 6.00. The van der Waals surface area contributed by atoms with Crippen molar-refractivity contribution in [3.8, 4) is 17.2 Å². The van der Waals surface area contributed by atoms with Crippen LogP contribution in [0.4, 0.5) is 0 Å². The first-order valence-electron chi connectivity index (χ1n) is 37.3. The summed E-state index contributed by atoms with van der Waals surface area (Å²) in [5.41, 5.74) is 18.5. The van der Waals surface area contributed by atoms with E-state index in [0.29, 0.717) is 22.3 Å². The van der Waals surface area contributed by atoms with Gasteiger partial charge in [-0.25, -0.2) is 4.79 Å². The molecule has 4 aromatic rings. The maximum atomic E-state index is 14.1. The fourth-order valence-electron chi connectivity index (χ4n) is 11.0. The smallest absolute Gasteiger partial charge is 0.326 e. The lowest BCUT2D eigenvalue weighted by molar-refractivity contribution is -0.143. The largest absolute Gasteiger partial charge is 0.508 e. The Hall–Kier alpha value is -14.4. The lowest BCUT2D eigenvalue weighted by atomic mass is 10.0. The van der Waals surface area contributed by atoms with E-state index >= 15 is 0 Å². The third-order valence-corrected chi connectivity index (χ3v) is 17.4. The summed E-state index contributed by atoms with van der Waals surface area (Å²) in [6.07, 6.45) is -4.08. The van der Waals surface area contributed by atoms with Crippen molar-refractivity contribution in [2.24, 2.45) is 17.2 Å². The zero-order valence-corrected chi connectivity index (χ0v) is 65.0. The van der Waals surface area contributed by atoms with Gasteiger partial charge in [0.05, 0.1) is 58.5 Å². The summed E-state index contributed by atoms with van der Waals surface area (Å²) in [5.74, 6) is -21.9. The van der Waals surface area contributed by atoms with Crippen LogP contribution in [0.1, 0.15) is 67.2 Å². The van der Waals surface area contributed by atoms with Crippen LogP contribution in [-0.2, 0) is 107 Å². The normalized spacial score (nSPS) is 13.5.